The molecule has 1 N–H and O–H groups in total. The van der Waals surface area contributed by atoms with Crippen molar-refractivity contribution < 1.29 is 4.74 Å². The van der Waals surface area contributed by atoms with E-state index in [4.69, 9.17) is 4.74 Å². The van der Waals surface area contributed by atoms with E-state index in [1.54, 1.807) is 7.11 Å². The van der Waals surface area contributed by atoms with E-state index in [1.165, 1.54) is 25.7 Å². The lowest BCUT2D eigenvalue weighted by molar-refractivity contribution is 0.394. The van der Waals surface area contributed by atoms with E-state index in [-0.39, 0.29) is 0 Å². The van der Waals surface area contributed by atoms with Gasteiger partial charge in [-0.3, -0.25) is 0 Å². The predicted octanol–water partition coefficient (Wildman–Crippen LogP) is 3.15. The molecule has 1 aromatic rings. The Balaban J connectivity index is 2.28. The van der Waals surface area contributed by atoms with E-state index >= 15 is 0 Å². The Kier molecular flexibility index (Phi) is 6.63. The molecule has 1 aromatic heterocycles. The van der Waals surface area contributed by atoms with Gasteiger partial charge in [0.15, 0.2) is 0 Å². The second-order valence-corrected chi connectivity index (χ2v) is 4.45. The quantitative estimate of drug-likeness (QED) is 0.704. The van der Waals surface area contributed by atoms with Gasteiger partial charge in [-0.1, -0.05) is 32.3 Å². The van der Waals surface area contributed by atoms with Gasteiger partial charge >= 0.3 is 0 Å². The van der Waals surface area contributed by atoms with E-state index in [0.717, 1.165) is 12.2 Å². The molecule has 0 aromatic carbocycles. The topological polar surface area (TPSA) is 34.1 Å². The largest absolute Gasteiger partial charge is 0.481 e. The van der Waals surface area contributed by atoms with Gasteiger partial charge in [0.1, 0.15) is 0 Å². The summed E-state index contributed by atoms with van der Waals surface area (Å²) in [5.74, 6) is 0.683. The van der Waals surface area contributed by atoms with Gasteiger partial charge in [-0.25, -0.2) is 4.98 Å². The molecule has 3 nitrogen and oxygen atoms in total. The summed E-state index contributed by atoms with van der Waals surface area (Å²) in [4.78, 5) is 4.37. The fourth-order valence-electron chi connectivity index (χ4n) is 1.75. The van der Waals surface area contributed by atoms with Crippen LogP contribution in [0.1, 0.15) is 45.2 Å². The van der Waals surface area contributed by atoms with Crippen molar-refractivity contribution in [2.45, 2.75) is 52.1 Å². The molecule has 0 aliphatic heterocycles. The van der Waals surface area contributed by atoms with Crippen molar-refractivity contribution in [2.75, 3.05) is 7.11 Å². The fraction of sp³-hybridized carbons (Fsp3) is 0.643. The molecule has 0 amide bonds. The number of pyridine rings is 1. The highest BCUT2D eigenvalue weighted by atomic mass is 16.5. The summed E-state index contributed by atoms with van der Waals surface area (Å²) in [7, 11) is 1.65. The molecule has 0 fully saturated rings. The minimum Gasteiger partial charge on any atom is -0.481 e. The molecule has 1 atom stereocenters. The Bertz CT molecular complexity index is 315. The fourth-order valence-corrected chi connectivity index (χ4v) is 1.75. The molecule has 0 aliphatic rings. The molecule has 1 heterocycles. The number of hydrogen-bond acceptors (Lipinski definition) is 3. The number of ether oxygens (including phenoxy) is 1. The van der Waals surface area contributed by atoms with Crippen LogP contribution in [0.15, 0.2) is 18.2 Å². The van der Waals surface area contributed by atoms with Crippen LogP contribution in [0, 0.1) is 0 Å². The van der Waals surface area contributed by atoms with Gasteiger partial charge in [0, 0.05) is 18.7 Å². The van der Waals surface area contributed by atoms with Gasteiger partial charge < -0.3 is 10.1 Å². The normalized spacial score (nSPS) is 12.4. The lowest BCUT2D eigenvalue weighted by Gasteiger charge is -2.13. The average molecular weight is 236 g/mol. The molecular weight excluding hydrogens is 212 g/mol. The summed E-state index contributed by atoms with van der Waals surface area (Å²) in [6.45, 7) is 5.28. The number of nitrogens with zero attached hydrogens (tertiary/aromatic N) is 1. The number of rotatable bonds is 8. The van der Waals surface area contributed by atoms with Crippen LogP contribution in [0.2, 0.25) is 0 Å². The van der Waals surface area contributed by atoms with Crippen molar-refractivity contribution in [2.24, 2.45) is 0 Å². The summed E-state index contributed by atoms with van der Waals surface area (Å²) < 4.78 is 5.10. The molecule has 0 spiro atoms. The second-order valence-electron chi connectivity index (χ2n) is 4.45. The van der Waals surface area contributed by atoms with Crippen molar-refractivity contribution in [1.82, 2.24) is 10.3 Å². The van der Waals surface area contributed by atoms with Crippen LogP contribution in [0.4, 0.5) is 0 Å². The highest BCUT2D eigenvalue weighted by molar-refractivity contribution is 5.15. The Hall–Kier alpha value is -1.09. The van der Waals surface area contributed by atoms with E-state index in [9.17, 15) is 0 Å². The van der Waals surface area contributed by atoms with Crippen molar-refractivity contribution >= 4 is 0 Å². The zero-order valence-corrected chi connectivity index (χ0v) is 11.2. The summed E-state index contributed by atoms with van der Waals surface area (Å²) in [5.41, 5.74) is 1.03. The maximum absolute atomic E-state index is 5.10. The summed E-state index contributed by atoms with van der Waals surface area (Å²) in [6, 6.07) is 6.42. The molecule has 3 heteroatoms. The van der Waals surface area contributed by atoms with Crippen LogP contribution in [-0.4, -0.2) is 18.1 Å². The van der Waals surface area contributed by atoms with Crippen LogP contribution in [0.5, 0.6) is 5.88 Å². The maximum atomic E-state index is 5.10. The molecule has 0 radical (unpaired) electrons. The first-order valence-corrected chi connectivity index (χ1v) is 6.49. The first kappa shape index (κ1) is 14.0. The highest BCUT2D eigenvalue weighted by Gasteiger charge is 2.02. The smallest absolute Gasteiger partial charge is 0.213 e. The minimum absolute atomic E-state index is 0.551. The molecule has 96 valence electrons. The van der Waals surface area contributed by atoms with Crippen molar-refractivity contribution in [1.29, 1.82) is 0 Å². The van der Waals surface area contributed by atoms with Crippen LogP contribution in [-0.2, 0) is 6.54 Å². The number of nitrogens with one attached hydrogen (secondary N) is 1. The Labute approximate surface area is 105 Å². The van der Waals surface area contributed by atoms with E-state index in [1.807, 2.05) is 18.2 Å². The van der Waals surface area contributed by atoms with Crippen molar-refractivity contribution in [3.8, 4) is 5.88 Å². The summed E-state index contributed by atoms with van der Waals surface area (Å²) >= 11 is 0. The van der Waals surface area contributed by atoms with Crippen molar-refractivity contribution in [3.63, 3.8) is 0 Å². The molecule has 1 rings (SSSR count). The Morgan fingerprint density at radius 3 is 2.88 bits per heavy atom. The van der Waals surface area contributed by atoms with Crippen molar-refractivity contribution in [3.05, 3.63) is 23.9 Å². The third kappa shape index (κ3) is 5.68. The number of aromatic nitrogens is 1. The standard InChI is InChI=1S/C14H24N2O/c1-4-5-6-8-12(2)15-11-13-9-7-10-14(16-13)17-3/h7,9-10,12,15H,4-6,8,11H2,1-3H3. The van der Waals surface area contributed by atoms with Gasteiger partial charge in [0.2, 0.25) is 5.88 Å². The van der Waals surface area contributed by atoms with E-state index in [2.05, 4.69) is 24.1 Å². The average Bonchev–Trinajstić information content (AvgIpc) is 2.37. The monoisotopic (exact) mass is 236 g/mol. The number of hydrogen-bond donors (Lipinski definition) is 1. The molecule has 17 heavy (non-hydrogen) atoms. The van der Waals surface area contributed by atoms with Crippen LogP contribution < -0.4 is 10.1 Å². The third-order valence-corrected chi connectivity index (χ3v) is 2.86. The third-order valence-electron chi connectivity index (χ3n) is 2.86. The zero-order chi connectivity index (χ0) is 12.5. The number of methoxy groups -OCH3 is 1. The molecule has 0 bridgehead atoms. The lowest BCUT2D eigenvalue weighted by Crippen LogP contribution is -2.25. The first-order chi connectivity index (χ1) is 8.26. The van der Waals surface area contributed by atoms with Gasteiger partial charge in [0.25, 0.3) is 0 Å². The maximum Gasteiger partial charge on any atom is 0.213 e. The van der Waals surface area contributed by atoms with Gasteiger partial charge in [-0.2, -0.15) is 0 Å². The molecular formula is C14H24N2O. The minimum atomic E-state index is 0.551. The zero-order valence-electron chi connectivity index (χ0n) is 11.2. The molecule has 0 saturated carbocycles. The SMILES string of the molecule is CCCCCC(C)NCc1cccc(OC)n1. The molecule has 0 aliphatic carbocycles. The Morgan fingerprint density at radius 2 is 2.18 bits per heavy atom. The van der Waals surface area contributed by atoms with E-state index < -0.39 is 0 Å². The van der Waals surface area contributed by atoms with Gasteiger partial charge in [-0.15, -0.1) is 0 Å². The van der Waals surface area contributed by atoms with Crippen LogP contribution in [0.3, 0.4) is 0 Å². The van der Waals surface area contributed by atoms with Gasteiger partial charge in [0.05, 0.1) is 12.8 Å². The van der Waals surface area contributed by atoms with Crippen LogP contribution >= 0.6 is 0 Å². The first-order valence-electron chi connectivity index (χ1n) is 6.49. The molecule has 0 saturated heterocycles. The summed E-state index contributed by atoms with van der Waals surface area (Å²) in [6.07, 6.45) is 5.14. The predicted molar refractivity (Wildman–Crippen MR) is 71.2 cm³/mol. The van der Waals surface area contributed by atoms with Gasteiger partial charge in [-0.05, 0) is 19.4 Å². The van der Waals surface area contributed by atoms with Crippen LogP contribution in [0.25, 0.3) is 0 Å². The molecule has 1 unspecified atom stereocenters. The van der Waals surface area contributed by atoms with E-state index in [0.29, 0.717) is 11.9 Å². The lowest BCUT2D eigenvalue weighted by atomic mass is 10.1. The Morgan fingerprint density at radius 1 is 1.35 bits per heavy atom. The number of unbranched alkanes of at least 4 members (excludes halogenated alkanes) is 2. The second kappa shape index (κ2) is 8.07. The highest BCUT2D eigenvalue weighted by Crippen LogP contribution is 2.07. The summed E-state index contributed by atoms with van der Waals surface area (Å²) in [5, 5.41) is 3.49.